The van der Waals surface area contributed by atoms with Crippen molar-refractivity contribution in [3.8, 4) is 5.75 Å². The molecule has 4 heteroatoms. The van der Waals surface area contributed by atoms with Gasteiger partial charge in [0, 0.05) is 37.9 Å². The van der Waals surface area contributed by atoms with Gasteiger partial charge in [-0.3, -0.25) is 0 Å². The molecule has 3 nitrogen and oxygen atoms in total. The normalized spacial score (nSPS) is 10.7. The van der Waals surface area contributed by atoms with Crippen LogP contribution >= 0.6 is 0 Å². The van der Waals surface area contributed by atoms with Gasteiger partial charge in [0.1, 0.15) is 0 Å². The minimum absolute atomic E-state index is 0.280. The van der Waals surface area contributed by atoms with Gasteiger partial charge in [0.05, 0.1) is 7.11 Å². The number of nitrogens with zero attached hydrogens (tertiary/aromatic N) is 1. The summed E-state index contributed by atoms with van der Waals surface area (Å²) in [5.41, 5.74) is 0.855. The number of anilines is 1. The lowest BCUT2D eigenvalue weighted by Gasteiger charge is -2.20. The maximum absolute atomic E-state index is 13.5. The summed E-state index contributed by atoms with van der Waals surface area (Å²) in [6, 6.07) is 5.47. The first-order chi connectivity index (χ1) is 8.04. The number of hydrogen-bond donors (Lipinski definition) is 1. The van der Waals surface area contributed by atoms with Gasteiger partial charge in [-0.2, -0.15) is 0 Å². The maximum atomic E-state index is 13.5. The van der Waals surface area contributed by atoms with Crippen LogP contribution in [0.1, 0.15) is 13.8 Å². The Morgan fingerprint density at radius 1 is 1.41 bits per heavy atom. The van der Waals surface area contributed by atoms with E-state index in [1.807, 2.05) is 18.0 Å². The van der Waals surface area contributed by atoms with Crippen LogP contribution in [0.2, 0.25) is 0 Å². The summed E-state index contributed by atoms with van der Waals surface area (Å²) in [7, 11) is 3.41. The standard InChI is InChI=1S/C13H21FN2O/c1-10(2)15-7-8-16(3)11-5-6-13(17-4)12(14)9-11/h5-6,9-10,15H,7-8H2,1-4H3. The summed E-state index contributed by atoms with van der Waals surface area (Å²) < 4.78 is 18.4. The monoisotopic (exact) mass is 240 g/mol. The molecule has 0 fully saturated rings. The highest BCUT2D eigenvalue weighted by molar-refractivity contribution is 5.49. The molecule has 0 amide bonds. The number of likely N-dealkylation sites (N-methyl/N-ethyl adjacent to an activating group) is 1. The lowest BCUT2D eigenvalue weighted by molar-refractivity contribution is 0.386. The van der Waals surface area contributed by atoms with E-state index in [4.69, 9.17) is 4.74 Å². The van der Waals surface area contributed by atoms with E-state index in [2.05, 4.69) is 19.2 Å². The van der Waals surface area contributed by atoms with Crippen molar-refractivity contribution in [1.29, 1.82) is 0 Å². The number of ether oxygens (including phenoxy) is 1. The van der Waals surface area contributed by atoms with Gasteiger partial charge in [0.2, 0.25) is 0 Å². The average molecular weight is 240 g/mol. The van der Waals surface area contributed by atoms with Gasteiger partial charge in [0.15, 0.2) is 11.6 Å². The summed E-state index contributed by atoms with van der Waals surface area (Å²) in [5, 5.41) is 3.32. The van der Waals surface area contributed by atoms with Crippen molar-refractivity contribution in [2.75, 3.05) is 32.1 Å². The molecule has 0 unspecified atom stereocenters. The molecule has 0 aliphatic rings. The van der Waals surface area contributed by atoms with Crippen molar-refractivity contribution in [3.05, 3.63) is 24.0 Å². The summed E-state index contributed by atoms with van der Waals surface area (Å²) in [6.45, 7) is 5.92. The van der Waals surface area contributed by atoms with E-state index < -0.39 is 0 Å². The fraction of sp³-hybridized carbons (Fsp3) is 0.538. The van der Waals surface area contributed by atoms with Crippen molar-refractivity contribution in [1.82, 2.24) is 5.32 Å². The van der Waals surface area contributed by atoms with E-state index in [1.54, 1.807) is 6.07 Å². The Hall–Kier alpha value is -1.29. The third kappa shape index (κ3) is 4.23. The minimum Gasteiger partial charge on any atom is -0.494 e. The Morgan fingerprint density at radius 3 is 2.65 bits per heavy atom. The highest BCUT2D eigenvalue weighted by Crippen LogP contribution is 2.22. The fourth-order valence-electron chi connectivity index (χ4n) is 1.54. The van der Waals surface area contributed by atoms with Crippen LogP contribution in [0.3, 0.4) is 0 Å². The third-order valence-electron chi connectivity index (χ3n) is 2.58. The predicted molar refractivity (Wildman–Crippen MR) is 69.4 cm³/mol. The second kappa shape index (κ2) is 6.45. The molecule has 0 bridgehead atoms. The van der Waals surface area contributed by atoms with Gasteiger partial charge in [-0.25, -0.2) is 4.39 Å². The molecule has 1 N–H and O–H groups in total. The predicted octanol–water partition coefficient (Wildman–Crippen LogP) is 2.27. The van der Waals surface area contributed by atoms with Gasteiger partial charge < -0.3 is 15.0 Å². The van der Waals surface area contributed by atoms with Crippen LogP contribution < -0.4 is 15.0 Å². The number of rotatable bonds is 6. The highest BCUT2D eigenvalue weighted by atomic mass is 19.1. The van der Waals surface area contributed by atoms with Crippen LogP contribution in [-0.4, -0.2) is 33.3 Å². The minimum atomic E-state index is -0.325. The molecule has 0 heterocycles. The van der Waals surface area contributed by atoms with E-state index in [0.29, 0.717) is 6.04 Å². The Bertz CT molecular complexity index is 355. The number of halogens is 1. The van der Waals surface area contributed by atoms with Crippen LogP contribution in [0.25, 0.3) is 0 Å². The van der Waals surface area contributed by atoms with E-state index in [9.17, 15) is 4.39 Å². The Kier molecular flexibility index (Phi) is 5.22. The van der Waals surface area contributed by atoms with Gasteiger partial charge in [0.25, 0.3) is 0 Å². The Balaban J connectivity index is 2.57. The first-order valence-electron chi connectivity index (χ1n) is 5.82. The molecule has 0 aliphatic carbocycles. The quantitative estimate of drug-likeness (QED) is 0.825. The van der Waals surface area contributed by atoms with Gasteiger partial charge in [-0.05, 0) is 12.1 Å². The third-order valence-corrected chi connectivity index (χ3v) is 2.58. The van der Waals surface area contributed by atoms with Crippen LogP contribution in [0, 0.1) is 5.82 Å². The zero-order chi connectivity index (χ0) is 12.8. The Labute approximate surface area is 103 Å². The molecule has 0 aromatic heterocycles. The highest BCUT2D eigenvalue weighted by Gasteiger charge is 2.06. The maximum Gasteiger partial charge on any atom is 0.167 e. The average Bonchev–Trinajstić information content (AvgIpc) is 2.28. The molecule has 1 rings (SSSR count). The van der Waals surface area contributed by atoms with Gasteiger partial charge in [-0.1, -0.05) is 13.8 Å². The van der Waals surface area contributed by atoms with E-state index in [-0.39, 0.29) is 11.6 Å². The summed E-state index contributed by atoms with van der Waals surface area (Å²) in [5.74, 6) is -0.0453. The zero-order valence-corrected chi connectivity index (χ0v) is 11.0. The van der Waals surface area contributed by atoms with Crippen molar-refractivity contribution in [3.63, 3.8) is 0 Å². The topological polar surface area (TPSA) is 24.5 Å². The van der Waals surface area contributed by atoms with E-state index >= 15 is 0 Å². The lowest BCUT2D eigenvalue weighted by Crippen LogP contribution is -2.32. The first kappa shape index (κ1) is 13.8. The molecule has 0 saturated heterocycles. The van der Waals surface area contributed by atoms with Crippen LogP contribution in [-0.2, 0) is 0 Å². The molecule has 0 saturated carbocycles. The van der Waals surface area contributed by atoms with E-state index in [1.165, 1.54) is 13.2 Å². The summed E-state index contributed by atoms with van der Waals surface area (Å²) >= 11 is 0. The number of methoxy groups -OCH3 is 1. The largest absolute Gasteiger partial charge is 0.494 e. The number of nitrogens with one attached hydrogen (secondary N) is 1. The second-order valence-corrected chi connectivity index (χ2v) is 4.35. The second-order valence-electron chi connectivity index (χ2n) is 4.35. The molecule has 0 spiro atoms. The lowest BCUT2D eigenvalue weighted by atomic mass is 10.2. The molecular formula is C13H21FN2O. The molecule has 17 heavy (non-hydrogen) atoms. The Morgan fingerprint density at radius 2 is 2.12 bits per heavy atom. The molecule has 1 aromatic carbocycles. The van der Waals surface area contributed by atoms with E-state index in [0.717, 1.165) is 18.8 Å². The van der Waals surface area contributed by atoms with Crippen molar-refractivity contribution in [2.24, 2.45) is 0 Å². The van der Waals surface area contributed by atoms with Crippen molar-refractivity contribution < 1.29 is 9.13 Å². The summed E-state index contributed by atoms with van der Waals surface area (Å²) in [4.78, 5) is 2.01. The molecule has 96 valence electrons. The smallest absolute Gasteiger partial charge is 0.167 e. The summed E-state index contributed by atoms with van der Waals surface area (Å²) in [6.07, 6.45) is 0. The molecule has 0 atom stereocenters. The van der Waals surface area contributed by atoms with Crippen molar-refractivity contribution in [2.45, 2.75) is 19.9 Å². The van der Waals surface area contributed by atoms with Crippen LogP contribution in [0.15, 0.2) is 18.2 Å². The number of hydrogen-bond acceptors (Lipinski definition) is 3. The fourth-order valence-corrected chi connectivity index (χ4v) is 1.54. The molecule has 0 radical (unpaired) electrons. The van der Waals surface area contributed by atoms with Crippen molar-refractivity contribution >= 4 is 5.69 Å². The van der Waals surface area contributed by atoms with Crippen LogP contribution in [0.5, 0.6) is 5.75 Å². The molecular weight excluding hydrogens is 219 g/mol. The van der Waals surface area contributed by atoms with Crippen LogP contribution in [0.4, 0.5) is 10.1 Å². The molecule has 0 aliphatic heterocycles. The van der Waals surface area contributed by atoms with Gasteiger partial charge >= 0.3 is 0 Å². The molecule has 1 aromatic rings. The zero-order valence-electron chi connectivity index (χ0n) is 11.0. The first-order valence-corrected chi connectivity index (χ1v) is 5.82. The number of benzene rings is 1. The van der Waals surface area contributed by atoms with Gasteiger partial charge in [-0.15, -0.1) is 0 Å². The SMILES string of the molecule is COc1ccc(N(C)CCNC(C)C)cc1F.